The van der Waals surface area contributed by atoms with Gasteiger partial charge in [0.05, 0.1) is 11.9 Å². The molecule has 0 radical (unpaired) electrons. The summed E-state index contributed by atoms with van der Waals surface area (Å²) in [7, 11) is 0. The Morgan fingerprint density at radius 3 is 2.75 bits per heavy atom. The molecule has 1 heterocycles. The molecule has 0 spiro atoms. The lowest BCUT2D eigenvalue weighted by molar-refractivity contribution is 0.592. The van der Waals surface area contributed by atoms with Crippen LogP contribution in [0.1, 0.15) is 24.6 Å². The molecule has 2 N–H and O–H groups in total. The highest BCUT2D eigenvalue weighted by Gasteiger charge is 2.30. The average molecular weight is 166 g/mol. The normalized spacial score (nSPS) is 19.2. The molecular weight excluding hydrogens is 155 g/mol. The van der Waals surface area contributed by atoms with E-state index in [1.807, 2.05) is 0 Å². The quantitative estimate of drug-likeness (QED) is 0.725. The number of aromatic nitrogens is 1. The van der Waals surface area contributed by atoms with Crippen LogP contribution in [-0.4, -0.2) is 4.98 Å². The van der Waals surface area contributed by atoms with Crippen molar-refractivity contribution in [3.8, 4) is 0 Å². The van der Waals surface area contributed by atoms with Gasteiger partial charge in [-0.1, -0.05) is 0 Å². The van der Waals surface area contributed by atoms with Gasteiger partial charge in [-0.3, -0.25) is 4.98 Å². The van der Waals surface area contributed by atoms with Gasteiger partial charge in [-0.25, -0.2) is 4.39 Å². The molecule has 12 heavy (non-hydrogen) atoms. The second kappa shape index (κ2) is 2.83. The second-order valence-electron chi connectivity index (χ2n) is 3.26. The highest BCUT2D eigenvalue weighted by molar-refractivity contribution is 5.12. The summed E-state index contributed by atoms with van der Waals surface area (Å²) < 4.78 is 12.5. The molecule has 64 valence electrons. The van der Waals surface area contributed by atoms with E-state index in [9.17, 15) is 4.39 Å². The third kappa shape index (κ3) is 1.46. The van der Waals surface area contributed by atoms with Gasteiger partial charge in [-0.2, -0.15) is 0 Å². The molecule has 1 atom stereocenters. The van der Waals surface area contributed by atoms with Gasteiger partial charge < -0.3 is 5.73 Å². The van der Waals surface area contributed by atoms with E-state index in [1.165, 1.54) is 25.1 Å². The summed E-state index contributed by atoms with van der Waals surface area (Å²) in [6, 6.07) is 3.08. The molecule has 0 aromatic carbocycles. The Morgan fingerprint density at radius 2 is 2.25 bits per heavy atom. The van der Waals surface area contributed by atoms with Crippen LogP contribution in [0.2, 0.25) is 0 Å². The Hall–Kier alpha value is -0.960. The maximum atomic E-state index is 12.5. The van der Waals surface area contributed by atoms with Gasteiger partial charge in [0.1, 0.15) is 5.82 Å². The van der Waals surface area contributed by atoms with Crippen LogP contribution in [0.15, 0.2) is 18.3 Å². The van der Waals surface area contributed by atoms with Crippen molar-refractivity contribution in [3.05, 3.63) is 29.8 Å². The predicted molar refractivity (Wildman–Crippen MR) is 43.8 cm³/mol. The molecule has 1 aromatic rings. The SMILES string of the molecule is NC(c1ccc(F)cn1)C1CC1. The van der Waals surface area contributed by atoms with Gasteiger partial charge in [-0.15, -0.1) is 0 Å². The van der Waals surface area contributed by atoms with Crippen LogP contribution in [0.5, 0.6) is 0 Å². The smallest absolute Gasteiger partial charge is 0.141 e. The van der Waals surface area contributed by atoms with Crippen LogP contribution in [-0.2, 0) is 0 Å². The fraction of sp³-hybridized carbons (Fsp3) is 0.444. The highest BCUT2D eigenvalue weighted by atomic mass is 19.1. The minimum Gasteiger partial charge on any atom is -0.322 e. The van der Waals surface area contributed by atoms with Crippen LogP contribution < -0.4 is 5.73 Å². The van der Waals surface area contributed by atoms with Gasteiger partial charge in [0, 0.05) is 6.04 Å². The van der Waals surface area contributed by atoms with Crippen LogP contribution in [0.25, 0.3) is 0 Å². The number of hydrogen-bond acceptors (Lipinski definition) is 2. The Morgan fingerprint density at radius 1 is 1.50 bits per heavy atom. The van der Waals surface area contributed by atoms with Crippen molar-refractivity contribution in [2.24, 2.45) is 11.7 Å². The molecule has 0 amide bonds. The molecule has 0 bridgehead atoms. The molecule has 2 rings (SSSR count). The molecule has 1 aromatic heterocycles. The summed E-state index contributed by atoms with van der Waals surface area (Å²) in [4.78, 5) is 3.94. The maximum absolute atomic E-state index is 12.5. The average Bonchev–Trinajstić information content (AvgIpc) is 2.87. The number of rotatable bonds is 2. The van der Waals surface area contributed by atoms with Crippen LogP contribution in [0.4, 0.5) is 4.39 Å². The van der Waals surface area contributed by atoms with Gasteiger partial charge in [0.15, 0.2) is 0 Å². The second-order valence-corrected chi connectivity index (χ2v) is 3.26. The minimum absolute atomic E-state index is 0.00519. The summed E-state index contributed by atoms with van der Waals surface area (Å²) in [6.45, 7) is 0. The molecule has 0 aliphatic heterocycles. The van der Waals surface area contributed by atoms with E-state index in [-0.39, 0.29) is 11.9 Å². The summed E-state index contributed by atoms with van der Waals surface area (Å²) >= 11 is 0. The van der Waals surface area contributed by atoms with Crippen molar-refractivity contribution >= 4 is 0 Å². The molecule has 3 heteroatoms. The first kappa shape index (κ1) is 7.68. The summed E-state index contributed by atoms with van der Waals surface area (Å²) in [6.07, 6.45) is 3.58. The molecule has 1 aliphatic carbocycles. The fourth-order valence-electron chi connectivity index (χ4n) is 1.28. The molecule has 1 aliphatic rings. The third-order valence-electron chi connectivity index (χ3n) is 2.22. The van der Waals surface area contributed by atoms with Gasteiger partial charge in [0.25, 0.3) is 0 Å². The Labute approximate surface area is 70.6 Å². The summed E-state index contributed by atoms with van der Waals surface area (Å²) in [5.41, 5.74) is 6.67. The lowest BCUT2D eigenvalue weighted by atomic mass is 10.1. The van der Waals surface area contributed by atoms with E-state index in [1.54, 1.807) is 6.07 Å². The van der Waals surface area contributed by atoms with Crippen molar-refractivity contribution in [3.63, 3.8) is 0 Å². The van der Waals surface area contributed by atoms with Crippen molar-refractivity contribution in [2.75, 3.05) is 0 Å². The maximum Gasteiger partial charge on any atom is 0.141 e. The van der Waals surface area contributed by atoms with Gasteiger partial charge in [-0.05, 0) is 30.9 Å². The summed E-state index contributed by atoms with van der Waals surface area (Å²) in [5.74, 6) is 0.268. The monoisotopic (exact) mass is 166 g/mol. The number of pyridine rings is 1. The number of nitrogens with zero attached hydrogens (tertiary/aromatic N) is 1. The van der Waals surface area contributed by atoms with Crippen molar-refractivity contribution in [1.29, 1.82) is 0 Å². The lowest BCUT2D eigenvalue weighted by Gasteiger charge is -2.08. The zero-order valence-corrected chi connectivity index (χ0v) is 6.70. The standard InChI is InChI=1S/C9H11FN2/c10-7-3-4-8(12-5-7)9(11)6-1-2-6/h3-6,9H,1-2,11H2. The van der Waals surface area contributed by atoms with Gasteiger partial charge in [0.2, 0.25) is 0 Å². The van der Waals surface area contributed by atoms with Crippen molar-refractivity contribution in [2.45, 2.75) is 18.9 Å². The molecule has 1 unspecified atom stereocenters. The van der Waals surface area contributed by atoms with E-state index >= 15 is 0 Å². The van der Waals surface area contributed by atoms with E-state index in [2.05, 4.69) is 4.98 Å². The topological polar surface area (TPSA) is 38.9 Å². The molecule has 1 fully saturated rings. The van der Waals surface area contributed by atoms with E-state index in [0.29, 0.717) is 5.92 Å². The van der Waals surface area contributed by atoms with E-state index in [0.717, 1.165) is 5.69 Å². The Kier molecular flexibility index (Phi) is 1.81. The number of halogens is 1. The first-order valence-corrected chi connectivity index (χ1v) is 4.14. The zero-order valence-electron chi connectivity index (χ0n) is 6.70. The zero-order chi connectivity index (χ0) is 8.55. The first-order chi connectivity index (χ1) is 5.77. The molecule has 2 nitrogen and oxygen atoms in total. The van der Waals surface area contributed by atoms with E-state index in [4.69, 9.17) is 5.73 Å². The third-order valence-corrected chi connectivity index (χ3v) is 2.22. The first-order valence-electron chi connectivity index (χ1n) is 4.14. The van der Waals surface area contributed by atoms with Gasteiger partial charge >= 0.3 is 0 Å². The molecule has 0 saturated heterocycles. The largest absolute Gasteiger partial charge is 0.322 e. The summed E-state index contributed by atoms with van der Waals surface area (Å²) in [5, 5.41) is 0. The highest BCUT2D eigenvalue weighted by Crippen LogP contribution is 2.38. The molecule has 1 saturated carbocycles. The Bertz CT molecular complexity index is 266. The predicted octanol–water partition coefficient (Wildman–Crippen LogP) is 1.63. The van der Waals surface area contributed by atoms with E-state index < -0.39 is 0 Å². The fourth-order valence-corrected chi connectivity index (χ4v) is 1.28. The van der Waals surface area contributed by atoms with Crippen LogP contribution in [0, 0.1) is 11.7 Å². The number of nitrogens with two attached hydrogens (primary N) is 1. The van der Waals surface area contributed by atoms with Crippen LogP contribution >= 0.6 is 0 Å². The van der Waals surface area contributed by atoms with Crippen molar-refractivity contribution in [1.82, 2.24) is 4.98 Å². The molecular formula is C9H11FN2. The lowest BCUT2D eigenvalue weighted by Crippen LogP contribution is -2.13. The number of hydrogen-bond donors (Lipinski definition) is 1. The van der Waals surface area contributed by atoms with Crippen molar-refractivity contribution < 1.29 is 4.39 Å². The Balaban J connectivity index is 2.16. The van der Waals surface area contributed by atoms with Crippen LogP contribution in [0.3, 0.4) is 0 Å². The minimum atomic E-state index is -0.304.